The molecule has 0 saturated heterocycles. The van der Waals surface area contributed by atoms with Crippen LogP contribution in [0.2, 0.25) is 0 Å². The van der Waals surface area contributed by atoms with Crippen LogP contribution in [-0.2, 0) is 6.42 Å². The zero-order chi connectivity index (χ0) is 12.5. The van der Waals surface area contributed by atoms with E-state index in [-0.39, 0.29) is 10.6 Å². The van der Waals surface area contributed by atoms with E-state index in [0.29, 0.717) is 0 Å². The first kappa shape index (κ1) is 11.7. The van der Waals surface area contributed by atoms with Crippen molar-refractivity contribution in [3.05, 3.63) is 59.7 Å². The lowest BCUT2D eigenvalue weighted by atomic mass is 9.88. The number of hydrogen-bond donors (Lipinski definition) is 0. The second-order valence-electron chi connectivity index (χ2n) is 4.61. The molecule has 0 heterocycles. The Morgan fingerprint density at radius 2 is 1.78 bits per heavy atom. The quantitative estimate of drug-likeness (QED) is 0.720. The van der Waals surface area contributed by atoms with Gasteiger partial charge in [0, 0.05) is 5.56 Å². The zero-order valence-electron chi connectivity index (χ0n) is 9.90. The average molecular weight is 301 g/mol. The third-order valence-corrected chi connectivity index (χ3v) is 4.31. The Labute approximate surface area is 115 Å². The number of fused-ring (bicyclic) bond motifs is 1. The Morgan fingerprint density at radius 1 is 1.00 bits per heavy atom. The van der Waals surface area contributed by atoms with E-state index in [2.05, 4.69) is 40.2 Å². The molecule has 2 aromatic rings. The van der Waals surface area contributed by atoms with E-state index in [1.807, 2.05) is 24.3 Å². The van der Waals surface area contributed by atoms with Crippen molar-refractivity contribution in [3.63, 3.8) is 0 Å². The normalized spacial score (nSPS) is 18.5. The topological polar surface area (TPSA) is 17.1 Å². The van der Waals surface area contributed by atoms with Gasteiger partial charge in [-0.3, -0.25) is 4.79 Å². The van der Waals surface area contributed by atoms with Crippen molar-refractivity contribution >= 4 is 21.7 Å². The Bertz CT molecular complexity index is 589. The van der Waals surface area contributed by atoms with E-state index >= 15 is 0 Å². The van der Waals surface area contributed by atoms with Crippen LogP contribution in [0.1, 0.15) is 22.3 Å². The monoisotopic (exact) mass is 300 g/mol. The molecule has 1 aliphatic rings. The van der Waals surface area contributed by atoms with E-state index in [1.54, 1.807) is 0 Å². The number of aryl methyl sites for hydroxylation is 1. The Hall–Kier alpha value is -1.41. The summed E-state index contributed by atoms with van der Waals surface area (Å²) in [6, 6.07) is 16.4. The van der Waals surface area contributed by atoms with Gasteiger partial charge in [0.15, 0.2) is 5.78 Å². The van der Waals surface area contributed by atoms with Gasteiger partial charge < -0.3 is 0 Å². The Balaban J connectivity index is 2.08. The van der Waals surface area contributed by atoms with Crippen molar-refractivity contribution < 1.29 is 4.79 Å². The molecule has 2 heteroatoms. The number of ketones is 1. The van der Waals surface area contributed by atoms with Gasteiger partial charge in [-0.2, -0.15) is 0 Å². The molecule has 0 bridgehead atoms. The number of alkyl halides is 1. The van der Waals surface area contributed by atoms with Crippen LogP contribution in [0, 0.1) is 0 Å². The smallest absolute Gasteiger partial charge is 0.176 e. The third-order valence-electron chi connectivity index (χ3n) is 3.43. The van der Waals surface area contributed by atoms with E-state index in [4.69, 9.17) is 0 Å². The van der Waals surface area contributed by atoms with Crippen molar-refractivity contribution in [1.82, 2.24) is 0 Å². The molecule has 2 aromatic carbocycles. The number of carbonyl (C=O) groups excluding carboxylic acids is 1. The number of carbonyl (C=O) groups is 1. The van der Waals surface area contributed by atoms with Gasteiger partial charge in [-0.15, -0.1) is 0 Å². The first-order chi connectivity index (χ1) is 8.75. The van der Waals surface area contributed by atoms with Crippen LogP contribution >= 0.6 is 15.9 Å². The SMILES string of the molecule is O=C1c2cc(-c3ccccc3)ccc2CC[C@H]1Br. The molecule has 1 aliphatic carbocycles. The molecule has 0 radical (unpaired) electrons. The van der Waals surface area contributed by atoms with Crippen molar-refractivity contribution in [2.45, 2.75) is 17.7 Å². The second-order valence-corrected chi connectivity index (χ2v) is 5.71. The molecule has 0 spiro atoms. The molecule has 0 saturated carbocycles. The van der Waals surface area contributed by atoms with E-state index in [1.165, 1.54) is 5.56 Å². The number of benzene rings is 2. The summed E-state index contributed by atoms with van der Waals surface area (Å²) in [5.41, 5.74) is 4.33. The maximum atomic E-state index is 12.2. The molecule has 0 aliphatic heterocycles. The molecule has 18 heavy (non-hydrogen) atoms. The molecular weight excluding hydrogens is 288 g/mol. The third kappa shape index (κ3) is 2.01. The maximum absolute atomic E-state index is 12.2. The highest BCUT2D eigenvalue weighted by Gasteiger charge is 2.25. The first-order valence-electron chi connectivity index (χ1n) is 6.12. The minimum atomic E-state index is -0.0176. The predicted molar refractivity (Wildman–Crippen MR) is 77.2 cm³/mol. The number of hydrogen-bond acceptors (Lipinski definition) is 1. The Morgan fingerprint density at radius 3 is 2.56 bits per heavy atom. The zero-order valence-corrected chi connectivity index (χ0v) is 11.5. The summed E-state index contributed by atoms with van der Waals surface area (Å²) in [6.07, 6.45) is 1.88. The molecule has 0 amide bonds. The minimum Gasteiger partial charge on any atom is -0.293 e. The van der Waals surface area contributed by atoms with Gasteiger partial charge in [0.2, 0.25) is 0 Å². The summed E-state index contributed by atoms with van der Waals surface area (Å²) < 4.78 is 0. The summed E-state index contributed by atoms with van der Waals surface area (Å²) >= 11 is 3.45. The lowest BCUT2D eigenvalue weighted by Gasteiger charge is -2.19. The molecule has 1 atom stereocenters. The predicted octanol–water partition coefficient (Wildman–Crippen LogP) is 4.25. The highest BCUT2D eigenvalue weighted by Crippen LogP contribution is 2.29. The molecule has 90 valence electrons. The van der Waals surface area contributed by atoms with E-state index < -0.39 is 0 Å². The fraction of sp³-hybridized carbons (Fsp3) is 0.188. The van der Waals surface area contributed by atoms with Gasteiger partial charge in [-0.1, -0.05) is 58.4 Å². The molecule has 0 aromatic heterocycles. The van der Waals surface area contributed by atoms with Gasteiger partial charge in [-0.05, 0) is 35.6 Å². The van der Waals surface area contributed by atoms with Crippen LogP contribution < -0.4 is 0 Å². The molecule has 0 N–H and O–H groups in total. The second kappa shape index (κ2) is 4.69. The van der Waals surface area contributed by atoms with Crippen LogP contribution in [-0.4, -0.2) is 10.6 Å². The van der Waals surface area contributed by atoms with Crippen LogP contribution in [0.25, 0.3) is 11.1 Å². The molecule has 1 nitrogen and oxygen atoms in total. The van der Waals surface area contributed by atoms with Gasteiger partial charge in [0.05, 0.1) is 4.83 Å². The number of rotatable bonds is 1. The average Bonchev–Trinajstić information content (AvgIpc) is 2.44. The fourth-order valence-electron chi connectivity index (χ4n) is 2.42. The fourth-order valence-corrected chi connectivity index (χ4v) is 2.89. The molecule has 3 rings (SSSR count). The van der Waals surface area contributed by atoms with Gasteiger partial charge in [0.1, 0.15) is 0 Å². The van der Waals surface area contributed by atoms with Crippen LogP contribution in [0.3, 0.4) is 0 Å². The number of halogens is 1. The van der Waals surface area contributed by atoms with Crippen LogP contribution in [0.15, 0.2) is 48.5 Å². The van der Waals surface area contributed by atoms with Crippen molar-refractivity contribution in [1.29, 1.82) is 0 Å². The van der Waals surface area contributed by atoms with Gasteiger partial charge in [-0.25, -0.2) is 0 Å². The highest BCUT2D eigenvalue weighted by molar-refractivity contribution is 9.10. The standard InChI is InChI=1S/C16H13BrO/c17-15-9-8-12-6-7-13(10-14(12)16(15)18)11-4-2-1-3-5-11/h1-7,10,15H,8-9H2/t15-/m1/s1. The maximum Gasteiger partial charge on any atom is 0.176 e. The van der Waals surface area contributed by atoms with Crippen LogP contribution in [0.4, 0.5) is 0 Å². The molecular formula is C16H13BrO. The summed E-state index contributed by atoms with van der Waals surface area (Å²) in [4.78, 5) is 12.1. The van der Waals surface area contributed by atoms with E-state index in [0.717, 1.165) is 29.5 Å². The van der Waals surface area contributed by atoms with E-state index in [9.17, 15) is 4.79 Å². The summed E-state index contributed by atoms with van der Waals surface area (Å²) in [5.74, 6) is 0.217. The first-order valence-corrected chi connectivity index (χ1v) is 7.04. The minimum absolute atomic E-state index is 0.0176. The largest absolute Gasteiger partial charge is 0.293 e. The summed E-state index contributed by atoms with van der Waals surface area (Å²) in [7, 11) is 0. The highest BCUT2D eigenvalue weighted by atomic mass is 79.9. The summed E-state index contributed by atoms with van der Waals surface area (Å²) in [6.45, 7) is 0. The lowest BCUT2D eigenvalue weighted by Crippen LogP contribution is -2.22. The lowest BCUT2D eigenvalue weighted by molar-refractivity contribution is 0.0981. The number of Topliss-reactive ketones (excluding diaryl/α,β-unsaturated/α-hetero) is 1. The van der Waals surface area contributed by atoms with Crippen molar-refractivity contribution in [2.75, 3.05) is 0 Å². The van der Waals surface area contributed by atoms with Crippen molar-refractivity contribution in [2.24, 2.45) is 0 Å². The Kier molecular flexibility index (Phi) is 3.04. The molecule has 0 fully saturated rings. The van der Waals surface area contributed by atoms with Gasteiger partial charge >= 0.3 is 0 Å². The van der Waals surface area contributed by atoms with Gasteiger partial charge in [0.25, 0.3) is 0 Å². The van der Waals surface area contributed by atoms with Crippen molar-refractivity contribution in [3.8, 4) is 11.1 Å². The molecule has 0 unspecified atom stereocenters. The van der Waals surface area contributed by atoms with Crippen LogP contribution in [0.5, 0.6) is 0 Å². The summed E-state index contributed by atoms with van der Waals surface area (Å²) in [5, 5.41) is 0.